The largest absolute Gasteiger partial charge is 0.465 e. The molecule has 148 valence electrons. The highest BCUT2D eigenvalue weighted by molar-refractivity contribution is 6.02. The lowest BCUT2D eigenvalue weighted by Crippen LogP contribution is -2.14. The summed E-state index contributed by atoms with van der Waals surface area (Å²) >= 11 is 0. The number of nitrogens with zero attached hydrogens (tertiary/aromatic N) is 2. The SMILES string of the molecule is COC(=O)c1ccccc1Nc1ccc(C(=O)Nc2ccc(C(C)C)cc2)nn1. The highest BCUT2D eigenvalue weighted by Crippen LogP contribution is 2.20. The molecule has 0 aliphatic carbocycles. The van der Waals surface area contributed by atoms with E-state index in [4.69, 9.17) is 4.74 Å². The molecule has 7 nitrogen and oxygen atoms in total. The summed E-state index contributed by atoms with van der Waals surface area (Å²) in [5.41, 5.74) is 2.99. The number of ether oxygens (including phenoxy) is 1. The van der Waals surface area contributed by atoms with Gasteiger partial charge in [0.2, 0.25) is 0 Å². The van der Waals surface area contributed by atoms with E-state index in [0.717, 1.165) is 0 Å². The van der Waals surface area contributed by atoms with Gasteiger partial charge >= 0.3 is 5.97 Å². The number of carbonyl (C=O) groups is 2. The second-order valence-electron chi connectivity index (χ2n) is 6.70. The van der Waals surface area contributed by atoms with E-state index in [2.05, 4.69) is 34.7 Å². The number of amides is 1. The second kappa shape index (κ2) is 8.97. The Balaban J connectivity index is 1.69. The van der Waals surface area contributed by atoms with Gasteiger partial charge in [0.05, 0.1) is 18.4 Å². The summed E-state index contributed by atoms with van der Waals surface area (Å²) < 4.78 is 4.77. The molecule has 0 fully saturated rings. The standard InChI is InChI=1S/C22H22N4O3/c1-14(2)15-8-10-16(11-9-15)23-21(27)19-12-13-20(26-25-19)24-18-7-5-4-6-17(18)22(28)29-3/h4-14H,1-3H3,(H,23,27)(H,24,26). The van der Waals surface area contributed by atoms with E-state index < -0.39 is 5.97 Å². The molecule has 0 spiro atoms. The normalized spacial score (nSPS) is 10.5. The first-order valence-electron chi connectivity index (χ1n) is 9.17. The van der Waals surface area contributed by atoms with Crippen LogP contribution in [0.1, 0.15) is 46.2 Å². The molecule has 0 saturated heterocycles. The highest BCUT2D eigenvalue weighted by atomic mass is 16.5. The molecule has 0 aliphatic heterocycles. The Bertz CT molecular complexity index is 999. The van der Waals surface area contributed by atoms with Gasteiger partial charge in [0.15, 0.2) is 11.5 Å². The number of nitrogens with one attached hydrogen (secondary N) is 2. The maximum atomic E-state index is 12.4. The predicted octanol–water partition coefficient (Wildman–Crippen LogP) is 4.38. The van der Waals surface area contributed by atoms with Crippen LogP contribution in [0, 0.1) is 0 Å². The molecule has 3 rings (SSSR count). The minimum absolute atomic E-state index is 0.185. The maximum Gasteiger partial charge on any atom is 0.339 e. The first-order chi connectivity index (χ1) is 14.0. The van der Waals surface area contributed by atoms with Gasteiger partial charge in [-0.05, 0) is 47.9 Å². The lowest BCUT2D eigenvalue weighted by molar-refractivity contribution is 0.0601. The van der Waals surface area contributed by atoms with Crippen molar-refractivity contribution in [2.75, 3.05) is 17.7 Å². The molecule has 7 heteroatoms. The van der Waals surface area contributed by atoms with Crippen LogP contribution in [0.5, 0.6) is 0 Å². The zero-order valence-electron chi connectivity index (χ0n) is 16.5. The topological polar surface area (TPSA) is 93.2 Å². The molecule has 1 aromatic heterocycles. The molecule has 0 atom stereocenters. The van der Waals surface area contributed by atoms with Gasteiger partial charge < -0.3 is 15.4 Å². The molecule has 1 heterocycles. The van der Waals surface area contributed by atoms with Crippen molar-refractivity contribution in [2.24, 2.45) is 0 Å². The maximum absolute atomic E-state index is 12.4. The van der Waals surface area contributed by atoms with Gasteiger partial charge in [0.1, 0.15) is 0 Å². The molecule has 2 aromatic carbocycles. The van der Waals surface area contributed by atoms with E-state index in [1.54, 1.807) is 36.4 Å². The number of rotatable bonds is 6. The van der Waals surface area contributed by atoms with Crippen molar-refractivity contribution in [2.45, 2.75) is 19.8 Å². The fourth-order valence-electron chi connectivity index (χ4n) is 2.68. The minimum atomic E-state index is -0.458. The number of hydrogen-bond donors (Lipinski definition) is 2. The number of anilines is 3. The van der Waals surface area contributed by atoms with E-state index >= 15 is 0 Å². The van der Waals surface area contributed by atoms with Crippen LogP contribution < -0.4 is 10.6 Å². The van der Waals surface area contributed by atoms with Crippen LogP contribution in [0.2, 0.25) is 0 Å². The van der Waals surface area contributed by atoms with Gasteiger partial charge in [-0.25, -0.2) is 4.79 Å². The summed E-state index contributed by atoms with van der Waals surface area (Å²) in [6.45, 7) is 4.23. The fourth-order valence-corrected chi connectivity index (χ4v) is 2.68. The molecule has 0 unspecified atom stereocenters. The van der Waals surface area contributed by atoms with Gasteiger partial charge in [-0.1, -0.05) is 38.1 Å². The summed E-state index contributed by atoms with van der Waals surface area (Å²) in [5.74, 6) is 0.0195. The summed E-state index contributed by atoms with van der Waals surface area (Å²) in [7, 11) is 1.32. The van der Waals surface area contributed by atoms with Crippen LogP contribution in [0.3, 0.4) is 0 Å². The number of carbonyl (C=O) groups excluding carboxylic acids is 2. The monoisotopic (exact) mass is 390 g/mol. The smallest absolute Gasteiger partial charge is 0.339 e. The van der Waals surface area contributed by atoms with Crippen LogP contribution in [0.25, 0.3) is 0 Å². The van der Waals surface area contributed by atoms with Crippen LogP contribution in [-0.4, -0.2) is 29.2 Å². The minimum Gasteiger partial charge on any atom is -0.465 e. The van der Waals surface area contributed by atoms with E-state index in [0.29, 0.717) is 28.7 Å². The Morgan fingerprint density at radius 1 is 0.931 bits per heavy atom. The summed E-state index contributed by atoms with van der Waals surface area (Å²) in [5, 5.41) is 13.8. The van der Waals surface area contributed by atoms with Crippen molar-refractivity contribution in [1.29, 1.82) is 0 Å². The zero-order chi connectivity index (χ0) is 20.8. The van der Waals surface area contributed by atoms with E-state index in [-0.39, 0.29) is 11.6 Å². The third kappa shape index (κ3) is 4.95. The second-order valence-corrected chi connectivity index (χ2v) is 6.70. The summed E-state index contributed by atoms with van der Waals surface area (Å²) in [4.78, 5) is 24.2. The van der Waals surface area contributed by atoms with Crippen LogP contribution in [0.4, 0.5) is 17.2 Å². The lowest BCUT2D eigenvalue weighted by atomic mass is 10.0. The van der Waals surface area contributed by atoms with Crippen LogP contribution in [-0.2, 0) is 4.74 Å². The van der Waals surface area contributed by atoms with E-state index in [1.165, 1.54) is 12.7 Å². The Labute approximate surface area is 169 Å². The molecule has 0 bridgehead atoms. The molecule has 2 N–H and O–H groups in total. The molecule has 0 aliphatic rings. The van der Waals surface area contributed by atoms with Gasteiger partial charge in [-0.2, -0.15) is 0 Å². The molecular formula is C22H22N4O3. The number of benzene rings is 2. The predicted molar refractivity (Wildman–Crippen MR) is 112 cm³/mol. The Morgan fingerprint density at radius 2 is 1.66 bits per heavy atom. The Hall–Kier alpha value is -3.74. The third-order valence-corrected chi connectivity index (χ3v) is 4.33. The van der Waals surface area contributed by atoms with Crippen molar-refractivity contribution in [3.8, 4) is 0 Å². The van der Waals surface area contributed by atoms with E-state index in [1.807, 2.05) is 24.3 Å². The van der Waals surface area contributed by atoms with Crippen LogP contribution >= 0.6 is 0 Å². The third-order valence-electron chi connectivity index (χ3n) is 4.33. The first kappa shape index (κ1) is 20.0. The summed E-state index contributed by atoms with van der Waals surface area (Å²) in [6.07, 6.45) is 0. The van der Waals surface area contributed by atoms with Crippen molar-refractivity contribution in [1.82, 2.24) is 10.2 Å². The van der Waals surface area contributed by atoms with Crippen molar-refractivity contribution < 1.29 is 14.3 Å². The van der Waals surface area contributed by atoms with Crippen molar-refractivity contribution in [3.05, 3.63) is 77.5 Å². The number of esters is 1. The van der Waals surface area contributed by atoms with Crippen molar-refractivity contribution >= 4 is 29.1 Å². The fraction of sp³-hybridized carbons (Fsp3) is 0.182. The van der Waals surface area contributed by atoms with Gasteiger partial charge in [0.25, 0.3) is 5.91 Å². The quantitative estimate of drug-likeness (QED) is 0.607. The van der Waals surface area contributed by atoms with Crippen molar-refractivity contribution in [3.63, 3.8) is 0 Å². The van der Waals surface area contributed by atoms with Crippen LogP contribution in [0.15, 0.2) is 60.7 Å². The number of hydrogen-bond acceptors (Lipinski definition) is 6. The van der Waals surface area contributed by atoms with E-state index in [9.17, 15) is 9.59 Å². The molecule has 0 radical (unpaired) electrons. The van der Waals surface area contributed by atoms with Gasteiger partial charge in [0, 0.05) is 5.69 Å². The Morgan fingerprint density at radius 3 is 2.28 bits per heavy atom. The molecule has 1 amide bonds. The van der Waals surface area contributed by atoms with Gasteiger partial charge in [-0.15, -0.1) is 10.2 Å². The molecular weight excluding hydrogens is 368 g/mol. The number of aromatic nitrogens is 2. The Kier molecular flexibility index (Phi) is 6.19. The number of para-hydroxylation sites is 1. The average molecular weight is 390 g/mol. The summed E-state index contributed by atoms with van der Waals surface area (Å²) in [6, 6.07) is 17.8. The zero-order valence-corrected chi connectivity index (χ0v) is 16.5. The first-order valence-corrected chi connectivity index (χ1v) is 9.17. The average Bonchev–Trinajstić information content (AvgIpc) is 2.74. The molecule has 0 saturated carbocycles. The molecule has 3 aromatic rings. The molecule has 29 heavy (non-hydrogen) atoms. The lowest BCUT2D eigenvalue weighted by Gasteiger charge is -2.10. The number of methoxy groups -OCH3 is 1. The highest BCUT2D eigenvalue weighted by Gasteiger charge is 2.13. The van der Waals surface area contributed by atoms with Gasteiger partial charge in [-0.3, -0.25) is 4.79 Å².